The molecule has 0 bridgehead atoms. The fraction of sp³-hybridized carbons (Fsp3) is 0.273. The van der Waals surface area contributed by atoms with Crippen molar-refractivity contribution < 1.29 is 22.0 Å². The highest BCUT2D eigenvalue weighted by atomic mass is 19.3. The molecule has 7 heteroatoms. The Labute approximate surface area is 98.9 Å². The smallest absolute Gasteiger partial charge is 0.205 e. The lowest BCUT2D eigenvalue weighted by Gasteiger charge is -2.16. The molecule has 0 amide bonds. The quantitative estimate of drug-likeness (QED) is 0.605. The normalized spacial score (nSPS) is 10.9. The van der Waals surface area contributed by atoms with Gasteiger partial charge in [0.05, 0.1) is 23.6 Å². The second-order valence-corrected chi connectivity index (χ2v) is 3.51. The van der Waals surface area contributed by atoms with E-state index in [-0.39, 0.29) is 6.92 Å². The fourth-order valence-electron chi connectivity index (χ4n) is 1.45. The van der Waals surface area contributed by atoms with Gasteiger partial charge in [-0.05, 0) is 0 Å². The molecule has 94 valence electrons. The molecule has 0 N–H and O–H groups in total. The van der Waals surface area contributed by atoms with E-state index < -0.39 is 46.5 Å². The first kappa shape index (κ1) is 13.9. The van der Waals surface area contributed by atoms with Crippen LogP contribution in [-0.2, 0) is 12.3 Å². The van der Waals surface area contributed by atoms with Crippen LogP contribution in [0.2, 0.25) is 0 Å². The van der Waals surface area contributed by atoms with Crippen molar-refractivity contribution in [1.29, 1.82) is 10.5 Å². The summed E-state index contributed by atoms with van der Waals surface area (Å²) in [7, 11) is 0. The number of hydrogen-bond donors (Lipinski definition) is 0. The highest BCUT2D eigenvalue weighted by molar-refractivity contribution is 5.46. The van der Waals surface area contributed by atoms with Crippen LogP contribution in [-0.4, -0.2) is 0 Å². The summed E-state index contributed by atoms with van der Waals surface area (Å²) in [5, 5.41) is 17.0. The van der Waals surface area contributed by atoms with Crippen LogP contribution in [0.25, 0.3) is 0 Å². The Balaban J connectivity index is 3.79. The molecule has 0 unspecified atom stereocenters. The van der Waals surface area contributed by atoms with Crippen LogP contribution in [0.15, 0.2) is 0 Å². The molecular weight excluding hydrogens is 255 g/mol. The Hall–Kier alpha value is -2.15. The Bertz CT molecular complexity index is 575. The summed E-state index contributed by atoms with van der Waals surface area (Å²) in [6, 6.07) is 2.56. The van der Waals surface area contributed by atoms with Gasteiger partial charge in [-0.25, -0.2) is 22.0 Å². The summed E-state index contributed by atoms with van der Waals surface area (Å²) in [5.74, 6) is -9.70. The van der Waals surface area contributed by atoms with E-state index in [0.717, 1.165) is 6.07 Å². The molecule has 0 aliphatic rings. The van der Waals surface area contributed by atoms with Crippen molar-refractivity contribution in [3.8, 4) is 12.1 Å². The van der Waals surface area contributed by atoms with Crippen LogP contribution in [0.3, 0.4) is 0 Å². The summed E-state index contributed by atoms with van der Waals surface area (Å²) in [6.45, 7) is 0.180. The van der Waals surface area contributed by atoms with Gasteiger partial charge < -0.3 is 0 Å². The van der Waals surface area contributed by atoms with Gasteiger partial charge in [-0.3, -0.25) is 0 Å². The molecular formula is C11H5F5N2. The first-order valence-corrected chi connectivity index (χ1v) is 4.60. The van der Waals surface area contributed by atoms with Gasteiger partial charge in [-0.2, -0.15) is 10.5 Å². The molecule has 0 spiro atoms. The maximum Gasteiger partial charge on any atom is 0.276 e. The maximum atomic E-state index is 13.6. The zero-order valence-corrected chi connectivity index (χ0v) is 8.99. The third-order valence-electron chi connectivity index (χ3n) is 2.22. The van der Waals surface area contributed by atoms with Crippen molar-refractivity contribution >= 4 is 0 Å². The van der Waals surface area contributed by atoms with Crippen LogP contribution < -0.4 is 0 Å². The van der Waals surface area contributed by atoms with E-state index >= 15 is 0 Å². The monoisotopic (exact) mass is 260 g/mol. The molecule has 0 aromatic heterocycles. The SMILES string of the molecule is CC(F)(F)c1c(F)c(F)c(CC#N)c(C#N)c1F. The fourth-order valence-corrected chi connectivity index (χ4v) is 1.45. The first-order chi connectivity index (χ1) is 8.25. The topological polar surface area (TPSA) is 47.6 Å². The second-order valence-electron chi connectivity index (χ2n) is 3.51. The number of benzene rings is 1. The average molecular weight is 260 g/mol. The summed E-state index contributed by atoms with van der Waals surface area (Å²) in [4.78, 5) is 0. The third-order valence-corrected chi connectivity index (χ3v) is 2.22. The lowest BCUT2D eigenvalue weighted by Crippen LogP contribution is -2.17. The van der Waals surface area contributed by atoms with Gasteiger partial charge in [0.25, 0.3) is 5.92 Å². The van der Waals surface area contributed by atoms with Gasteiger partial charge in [0.15, 0.2) is 17.5 Å². The molecule has 0 saturated heterocycles. The van der Waals surface area contributed by atoms with E-state index in [1.165, 1.54) is 6.07 Å². The standard InChI is InChI=1S/C11H5F5N2/c1-11(15,16)7-8(12)6(4-18)5(2-3-17)9(13)10(7)14/h2H2,1H3. The summed E-state index contributed by atoms with van der Waals surface area (Å²) in [6.07, 6.45) is -0.794. The zero-order chi connectivity index (χ0) is 14.1. The Morgan fingerprint density at radius 1 is 1.06 bits per heavy atom. The first-order valence-electron chi connectivity index (χ1n) is 4.60. The molecule has 1 rings (SSSR count). The van der Waals surface area contributed by atoms with E-state index in [1.54, 1.807) is 0 Å². The molecule has 0 fully saturated rings. The maximum absolute atomic E-state index is 13.6. The minimum atomic E-state index is -3.98. The third kappa shape index (κ3) is 2.12. The molecule has 0 heterocycles. The summed E-state index contributed by atoms with van der Waals surface area (Å²) < 4.78 is 66.3. The molecule has 0 aliphatic carbocycles. The minimum Gasteiger partial charge on any atom is -0.205 e. The molecule has 0 aliphatic heterocycles. The highest BCUT2D eigenvalue weighted by Crippen LogP contribution is 2.35. The molecule has 1 aromatic rings. The van der Waals surface area contributed by atoms with Crippen molar-refractivity contribution in [2.24, 2.45) is 0 Å². The van der Waals surface area contributed by atoms with Gasteiger partial charge in [-0.1, -0.05) is 0 Å². The van der Waals surface area contributed by atoms with Crippen molar-refractivity contribution in [2.75, 3.05) is 0 Å². The lowest BCUT2D eigenvalue weighted by molar-refractivity contribution is 0.00897. The molecule has 0 radical (unpaired) electrons. The van der Waals surface area contributed by atoms with Crippen molar-refractivity contribution in [3.05, 3.63) is 34.1 Å². The largest absolute Gasteiger partial charge is 0.276 e. The van der Waals surface area contributed by atoms with E-state index in [9.17, 15) is 22.0 Å². The number of nitrogens with zero attached hydrogens (tertiary/aromatic N) is 2. The number of rotatable bonds is 2. The van der Waals surface area contributed by atoms with Gasteiger partial charge >= 0.3 is 0 Å². The van der Waals surface area contributed by atoms with E-state index in [1.807, 2.05) is 0 Å². The van der Waals surface area contributed by atoms with Gasteiger partial charge in [0.1, 0.15) is 6.07 Å². The highest BCUT2D eigenvalue weighted by Gasteiger charge is 2.37. The lowest BCUT2D eigenvalue weighted by atomic mass is 9.97. The Morgan fingerprint density at radius 2 is 1.61 bits per heavy atom. The van der Waals surface area contributed by atoms with Crippen LogP contribution >= 0.6 is 0 Å². The predicted octanol–water partition coefficient (Wildman–Crippen LogP) is 3.15. The number of nitriles is 2. The molecule has 18 heavy (non-hydrogen) atoms. The van der Waals surface area contributed by atoms with Gasteiger partial charge in [-0.15, -0.1) is 0 Å². The molecule has 0 atom stereocenters. The van der Waals surface area contributed by atoms with E-state index in [2.05, 4.69) is 0 Å². The number of hydrogen-bond acceptors (Lipinski definition) is 2. The summed E-state index contributed by atoms with van der Waals surface area (Å²) in [5.41, 5.74) is -3.74. The van der Waals surface area contributed by atoms with Gasteiger partial charge in [0, 0.05) is 12.5 Å². The van der Waals surface area contributed by atoms with Gasteiger partial charge in [0.2, 0.25) is 0 Å². The van der Waals surface area contributed by atoms with E-state index in [4.69, 9.17) is 10.5 Å². The number of alkyl halides is 2. The van der Waals surface area contributed by atoms with E-state index in [0.29, 0.717) is 0 Å². The second kappa shape index (κ2) is 4.61. The Morgan fingerprint density at radius 3 is 2.00 bits per heavy atom. The van der Waals surface area contributed by atoms with Crippen LogP contribution in [0.5, 0.6) is 0 Å². The minimum absolute atomic E-state index is 0.180. The van der Waals surface area contributed by atoms with Crippen LogP contribution in [0.1, 0.15) is 23.6 Å². The zero-order valence-electron chi connectivity index (χ0n) is 8.99. The summed E-state index contributed by atoms with van der Waals surface area (Å²) >= 11 is 0. The van der Waals surface area contributed by atoms with Crippen LogP contribution in [0, 0.1) is 40.1 Å². The predicted molar refractivity (Wildman–Crippen MR) is 49.9 cm³/mol. The Kier molecular flexibility index (Phi) is 3.57. The number of halogens is 5. The molecule has 0 saturated carbocycles. The van der Waals surface area contributed by atoms with Crippen LogP contribution in [0.4, 0.5) is 22.0 Å². The van der Waals surface area contributed by atoms with Crippen molar-refractivity contribution in [3.63, 3.8) is 0 Å². The molecule has 2 nitrogen and oxygen atoms in total. The van der Waals surface area contributed by atoms with Crippen molar-refractivity contribution in [2.45, 2.75) is 19.3 Å². The van der Waals surface area contributed by atoms with Crippen molar-refractivity contribution in [1.82, 2.24) is 0 Å². The molecule has 1 aromatic carbocycles. The average Bonchev–Trinajstić information content (AvgIpc) is 2.24.